The van der Waals surface area contributed by atoms with E-state index in [1.807, 2.05) is 12.1 Å². The van der Waals surface area contributed by atoms with E-state index in [4.69, 9.17) is 0 Å². The maximum atomic E-state index is 12.0. The summed E-state index contributed by atoms with van der Waals surface area (Å²) in [6.45, 7) is 2.27. The van der Waals surface area contributed by atoms with Gasteiger partial charge in [-0.05, 0) is 37.0 Å². The summed E-state index contributed by atoms with van der Waals surface area (Å²) in [5.41, 5.74) is 1.98. The van der Waals surface area contributed by atoms with Crippen LogP contribution in [0.5, 0.6) is 0 Å². The van der Waals surface area contributed by atoms with Crippen LogP contribution in [-0.4, -0.2) is 29.8 Å². The molecule has 20 heavy (non-hydrogen) atoms. The molecular formula is C16H20N2O2. The van der Waals surface area contributed by atoms with E-state index in [9.17, 15) is 9.59 Å². The van der Waals surface area contributed by atoms with Crippen molar-refractivity contribution >= 4 is 17.5 Å². The van der Waals surface area contributed by atoms with Gasteiger partial charge in [0.15, 0.2) is 0 Å². The van der Waals surface area contributed by atoms with Gasteiger partial charge in [-0.25, -0.2) is 0 Å². The van der Waals surface area contributed by atoms with E-state index in [2.05, 4.69) is 12.2 Å². The largest absolute Gasteiger partial charge is 0.382 e. The number of hydrogen-bond donors (Lipinski definition) is 1. The minimum Gasteiger partial charge on any atom is -0.382 e. The number of nitrogens with one attached hydrogen (secondary N) is 1. The van der Waals surface area contributed by atoms with E-state index in [1.165, 1.54) is 37.6 Å². The predicted molar refractivity (Wildman–Crippen MR) is 77.9 cm³/mol. The number of hydrogen-bond acceptors (Lipinski definition) is 3. The molecule has 1 saturated carbocycles. The molecule has 0 spiro atoms. The topological polar surface area (TPSA) is 49.4 Å². The second kappa shape index (κ2) is 4.93. The van der Waals surface area contributed by atoms with Gasteiger partial charge in [0, 0.05) is 18.8 Å². The lowest BCUT2D eigenvalue weighted by Gasteiger charge is -2.30. The number of carbonyl (C=O) groups is 2. The Kier molecular flexibility index (Phi) is 3.24. The molecule has 2 amide bonds. The first kappa shape index (κ1) is 13.2. The second-order valence-corrected chi connectivity index (χ2v) is 5.94. The number of amides is 2. The average Bonchev–Trinajstić information content (AvgIpc) is 2.66. The molecule has 0 bridgehead atoms. The molecule has 1 aromatic carbocycles. The van der Waals surface area contributed by atoms with Crippen LogP contribution in [0.3, 0.4) is 0 Å². The third-order valence-electron chi connectivity index (χ3n) is 4.55. The lowest BCUT2D eigenvalue weighted by molar-refractivity contribution is 0.0693. The summed E-state index contributed by atoms with van der Waals surface area (Å²) in [4.78, 5) is 25.0. The van der Waals surface area contributed by atoms with Crippen molar-refractivity contribution in [2.75, 3.05) is 12.4 Å². The predicted octanol–water partition coefficient (Wildman–Crippen LogP) is 2.90. The van der Waals surface area contributed by atoms with Crippen molar-refractivity contribution in [1.82, 2.24) is 4.90 Å². The van der Waals surface area contributed by atoms with Crippen molar-refractivity contribution in [1.29, 1.82) is 0 Å². The number of rotatable bonds is 2. The smallest absolute Gasteiger partial charge is 0.261 e. The first-order chi connectivity index (χ1) is 9.58. The quantitative estimate of drug-likeness (QED) is 0.842. The molecule has 4 heteroatoms. The fourth-order valence-electron chi connectivity index (χ4n) is 3.20. The van der Waals surface area contributed by atoms with Gasteiger partial charge in [-0.1, -0.05) is 19.8 Å². The number of nitrogens with zero attached hydrogens (tertiary/aromatic N) is 1. The highest BCUT2D eigenvalue weighted by molar-refractivity contribution is 6.21. The zero-order valence-corrected chi connectivity index (χ0v) is 12.0. The van der Waals surface area contributed by atoms with E-state index in [0.29, 0.717) is 23.1 Å². The maximum Gasteiger partial charge on any atom is 0.261 e. The average molecular weight is 272 g/mol. The molecule has 0 saturated heterocycles. The first-order valence-electron chi connectivity index (χ1n) is 7.31. The summed E-state index contributed by atoms with van der Waals surface area (Å²) < 4.78 is 0. The van der Waals surface area contributed by atoms with Crippen LogP contribution in [0.15, 0.2) is 18.2 Å². The van der Waals surface area contributed by atoms with Crippen LogP contribution in [0.2, 0.25) is 0 Å². The molecule has 0 aromatic heterocycles. The Labute approximate surface area is 119 Å². The third-order valence-corrected chi connectivity index (χ3v) is 4.55. The van der Waals surface area contributed by atoms with Crippen LogP contribution in [-0.2, 0) is 0 Å². The van der Waals surface area contributed by atoms with Crippen molar-refractivity contribution < 1.29 is 9.59 Å². The van der Waals surface area contributed by atoms with Crippen LogP contribution in [0, 0.1) is 5.92 Å². The molecule has 2 atom stereocenters. The molecule has 1 fully saturated rings. The molecule has 4 nitrogen and oxygen atoms in total. The zero-order valence-electron chi connectivity index (χ0n) is 12.0. The highest BCUT2D eigenvalue weighted by atomic mass is 16.2. The summed E-state index contributed by atoms with van der Waals surface area (Å²) in [5.74, 6) is 0.241. The third kappa shape index (κ3) is 2.09. The molecule has 2 unspecified atom stereocenters. The molecule has 106 valence electrons. The Morgan fingerprint density at radius 1 is 1.10 bits per heavy atom. The van der Waals surface area contributed by atoms with Crippen molar-refractivity contribution in [2.45, 2.75) is 38.6 Å². The molecule has 0 radical (unpaired) electrons. The van der Waals surface area contributed by atoms with Gasteiger partial charge in [-0.2, -0.15) is 0 Å². The molecular weight excluding hydrogens is 252 g/mol. The summed E-state index contributed by atoms with van der Waals surface area (Å²) in [7, 11) is 1.53. The van der Waals surface area contributed by atoms with Crippen LogP contribution in [0.25, 0.3) is 0 Å². The highest BCUT2D eigenvalue weighted by Gasteiger charge is 2.33. The number of imide groups is 1. The molecule has 1 aromatic rings. The van der Waals surface area contributed by atoms with Gasteiger partial charge < -0.3 is 5.32 Å². The Morgan fingerprint density at radius 2 is 1.80 bits per heavy atom. The Balaban J connectivity index is 1.83. The van der Waals surface area contributed by atoms with Gasteiger partial charge in [-0.3, -0.25) is 14.5 Å². The zero-order chi connectivity index (χ0) is 14.3. The highest BCUT2D eigenvalue weighted by Crippen LogP contribution is 2.29. The summed E-state index contributed by atoms with van der Waals surface area (Å²) >= 11 is 0. The van der Waals surface area contributed by atoms with Crippen LogP contribution in [0.4, 0.5) is 5.69 Å². The van der Waals surface area contributed by atoms with E-state index in [0.717, 1.165) is 5.69 Å². The number of fused-ring (bicyclic) bond motifs is 1. The molecule has 1 aliphatic carbocycles. The summed E-state index contributed by atoms with van der Waals surface area (Å²) in [5, 5.41) is 3.53. The van der Waals surface area contributed by atoms with Crippen LogP contribution >= 0.6 is 0 Å². The molecule has 2 aliphatic rings. The van der Waals surface area contributed by atoms with Crippen LogP contribution < -0.4 is 5.32 Å². The normalized spacial score (nSPS) is 25.8. The van der Waals surface area contributed by atoms with Crippen molar-refractivity contribution in [3.05, 3.63) is 29.3 Å². The van der Waals surface area contributed by atoms with Gasteiger partial charge in [0.2, 0.25) is 0 Å². The molecule has 1 aliphatic heterocycles. The lowest BCUT2D eigenvalue weighted by Crippen LogP contribution is -2.30. The Hall–Kier alpha value is -1.84. The SMILES string of the molecule is CC1CCCCC1Nc1ccc2c(c1)C(=O)N(C)C2=O. The summed E-state index contributed by atoms with van der Waals surface area (Å²) in [6.07, 6.45) is 4.99. The Bertz CT molecular complexity index is 568. The van der Waals surface area contributed by atoms with Crippen LogP contribution in [0.1, 0.15) is 53.3 Å². The van der Waals surface area contributed by atoms with Gasteiger partial charge >= 0.3 is 0 Å². The van der Waals surface area contributed by atoms with E-state index in [1.54, 1.807) is 6.07 Å². The number of benzene rings is 1. The number of anilines is 1. The molecule has 1 heterocycles. The van der Waals surface area contributed by atoms with E-state index in [-0.39, 0.29) is 11.8 Å². The molecule has 3 rings (SSSR count). The molecule has 1 N–H and O–H groups in total. The van der Waals surface area contributed by atoms with E-state index >= 15 is 0 Å². The maximum absolute atomic E-state index is 12.0. The van der Waals surface area contributed by atoms with Crippen molar-refractivity contribution in [2.24, 2.45) is 5.92 Å². The van der Waals surface area contributed by atoms with Gasteiger partial charge in [0.1, 0.15) is 0 Å². The first-order valence-corrected chi connectivity index (χ1v) is 7.31. The monoisotopic (exact) mass is 272 g/mol. The summed E-state index contributed by atoms with van der Waals surface area (Å²) in [6, 6.07) is 5.95. The van der Waals surface area contributed by atoms with Gasteiger partial charge in [0.05, 0.1) is 11.1 Å². The van der Waals surface area contributed by atoms with Gasteiger partial charge in [0.25, 0.3) is 11.8 Å². The van der Waals surface area contributed by atoms with Crippen molar-refractivity contribution in [3.63, 3.8) is 0 Å². The minimum atomic E-state index is -0.206. The standard InChI is InChI=1S/C16H20N2O2/c1-10-5-3-4-6-14(10)17-11-7-8-12-13(9-11)16(20)18(2)15(12)19/h7-10,14,17H,3-6H2,1-2H3. The van der Waals surface area contributed by atoms with E-state index < -0.39 is 0 Å². The van der Waals surface area contributed by atoms with Crippen molar-refractivity contribution in [3.8, 4) is 0 Å². The Morgan fingerprint density at radius 3 is 2.55 bits per heavy atom. The lowest BCUT2D eigenvalue weighted by atomic mass is 9.86. The fourth-order valence-corrected chi connectivity index (χ4v) is 3.20. The van der Waals surface area contributed by atoms with Gasteiger partial charge in [-0.15, -0.1) is 0 Å². The number of carbonyl (C=O) groups excluding carboxylic acids is 2. The minimum absolute atomic E-state index is 0.203. The second-order valence-electron chi connectivity index (χ2n) is 5.94. The fraction of sp³-hybridized carbons (Fsp3) is 0.500.